The van der Waals surface area contributed by atoms with Gasteiger partial charge in [0.05, 0.1) is 11.1 Å². The van der Waals surface area contributed by atoms with Crippen molar-refractivity contribution in [2.24, 2.45) is 5.92 Å². The van der Waals surface area contributed by atoms with Gasteiger partial charge in [0.2, 0.25) is 0 Å². The van der Waals surface area contributed by atoms with Gasteiger partial charge in [-0.25, -0.2) is 9.78 Å². The zero-order valence-electron chi connectivity index (χ0n) is 14.1. The van der Waals surface area contributed by atoms with Crippen molar-refractivity contribution < 1.29 is 23.1 Å². The molecule has 2 rings (SSSR count). The summed E-state index contributed by atoms with van der Waals surface area (Å²) in [6.45, 7) is 5.74. The van der Waals surface area contributed by atoms with E-state index in [1.54, 1.807) is 11.0 Å². The van der Waals surface area contributed by atoms with E-state index in [-0.39, 0.29) is 17.0 Å². The molecule has 134 valence electrons. The lowest BCUT2D eigenvalue weighted by Gasteiger charge is -2.27. The summed E-state index contributed by atoms with van der Waals surface area (Å²) in [5.41, 5.74) is -0.161. The Bertz CT molecular complexity index is 756. The van der Waals surface area contributed by atoms with Crippen molar-refractivity contribution in [3.63, 3.8) is 0 Å². The van der Waals surface area contributed by atoms with Gasteiger partial charge in [-0.3, -0.25) is 0 Å². The largest absolute Gasteiger partial charge is 0.478 e. The first-order valence-electron chi connectivity index (χ1n) is 7.74. The predicted octanol–water partition coefficient (Wildman–Crippen LogP) is 4.90. The Morgan fingerprint density at radius 2 is 1.92 bits per heavy atom. The van der Waals surface area contributed by atoms with Gasteiger partial charge in [-0.05, 0) is 42.7 Å². The minimum absolute atomic E-state index is 0.0214. The second kappa shape index (κ2) is 7.13. The van der Waals surface area contributed by atoms with E-state index in [2.05, 4.69) is 4.98 Å². The smallest absolute Gasteiger partial charge is 0.416 e. The number of carbonyl (C=O) groups is 1. The SMILES string of the molecule is Cc1ccc(N(CC(C)C)c2ccc(C(=O)O)cn2)cc1C(F)(F)F. The molecule has 0 aliphatic carbocycles. The number of hydrogen-bond acceptors (Lipinski definition) is 3. The summed E-state index contributed by atoms with van der Waals surface area (Å²) >= 11 is 0. The highest BCUT2D eigenvalue weighted by Gasteiger charge is 2.33. The number of rotatable bonds is 5. The molecule has 2 aromatic rings. The summed E-state index contributed by atoms with van der Waals surface area (Å²) in [5, 5.41) is 8.95. The number of aryl methyl sites for hydroxylation is 1. The van der Waals surface area contributed by atoms with E-state index >= 15 is 0 Å². The Labute approximate surface area is 143 Å². The maximum Gasteiger partial charge on any atom is 0.416 e. The number of halogens is 3. The molecule has 0 saturated heterocycles. The molecule has 1 N–H and O–H groups in total. The molecular weight excluding hydrogens is 333 g/mol. The van der Waals surface area contributed by atoms with Crippen LogP contribution in [0.1, 0.15) is 35.3 Å². The van der Waals surface area contributed by atoms with Crippen molar-refractivity contribution in [3.05, 3.63) is 53.2 Å². The van der Waals surface area contributed by atoms with Crippen LogP contribution in [-0.2, 0) is 6.18 Å². The van der Waals surface area contributed by atoms with Crippen LogP contribution in [0.15, 0.2) is 36.5 Å². The Morgan fingerprint density at radius 3 is 2.40 bits per heavy atom. The van der Waals surface area contributed by atoms with E-state index in [9.17, 15) is 18.0 Å². The number of aromatic nitrogens is 1. The fourth-order valence-corrected chi connectivity index (χ4v) is 2.45. The molecule has 0 unspecified atom stereocenters. The number of nitrogens with zero attached hydrogens (tertiary/aromatic N) is 2. The number of carboxylic acids is 1. The molecule has 0 saturated carbocycles. The van der Waals surface area contributed by atoms with Crippen LogP contribution in [0.3, 0.4) is 0 Å². The Morgan fingerprint density at radius 1 is 1.24 bits per heavy atom. The summed E-state index contributed by atoms with van der Waals surface area (Å²) in [6.07, 6.45) is -3.24. The van der Waals surface area contributed by atoms with Crippen molar-refractivity contribution in [1.82, 2.24) is 4.98 Å². The predicted molar refractivity (Wildman–Crippen MR) is 89.2 cm³/mol. The molecular formula is C18H19F3N2O2. The van der Waals surface area contributed by atoms with Gasteiger partial charge >= 0.3 is 12.1 Å². The van der Waals surface area contributed by atoms with Crippen LogP contribution in [0.4, 0.5) is 24.7 Å². The van der Waals surface area contributed by atoms with Gasteiger partial charge in [-0.2, -0.15) is 13.2 Å². The zero-order valence-corrected chi connectivity index (χ0v) is 14.1. The van der Waals surface area contributed by atoms with Gasteiger partial charge in [0.1, 0.15) is 5.82 Å². The van der Waals surface area contributed by atoms with E-state index in [1.165, 1.54) is 31.3 Å². The quantitative estimate of drug-likeness (QED) is 0.831. The molecule has 4 nitrogen and oxygen atoms in total. The number of alkyl halides is 3. The van der Waals surface area contributed by atoms with Crippen LogP contribution in [0, 0.1) is 12.8 Å². The highest BCUT2D eigenvalue weighted by atomic mass is 19.4. The minimum atomic E-state index is -4.44. The molecule has 0 atom stereocenters. The van der Waals surface area contributed by atoms with Crippen LogP contribution < -0.4 is 4.90 Å². The van der Waals surface area contributed by atoms with E-state index in [1.807, 2.05) is 13.8 Å². The second-order valence-corrected chi connectivity index (χ2v) is 6.21. The molecule has 25 heavy (non-hydrogen) atoms. The number of pyridine rings is 1. The fourth-order valence-electron chi connectivity index (χ4n) is 2.45. The van der Waals surface area contributed by atoms with Crippen LogP contribution in [0.5, 0.6) is 0 Å². The maximum atomic E-state index is 13.2. The highest BCUT2D eigenvalue weighted by molar-refractivity contribution is 5.87. The zero-order chi connectivity index (χ0) is 18.8. The third-order valence-corrected chi connectivity index (χ3v) is 3.66. The summed E-state index contributed by atoms with van der Waals surface area (Å²) < 4.78 is 39.6. The first-order valence-corrected chi connectivity index (χ1v) is 7.74. The number of anilines is 2. The summed E-state index contributed by atoms with van der Waals surface area (Å²) in [4.78, 5) is 16.7. The average Bonchev–Trinajstić information content (AvgIpc) is 2.52. The van der Waals surface area contributed by atoms with Gasteiger partial charge in [-0.1, -0.05) is 19.9 Å². The van der Waals surface area contributed by atoms with Gasteiger partial charge in [0.15, 0.2) is 0 Å². The monoisotopic (exact) mass is 352 g/mol. The number of carboxylic acid groups (broad SMARTS) is 1. The Kier molecular flexibility index (Phi) is 5.35. The van der Waals surface area contributed by atoms with Crippen LogP contribution in [0.2, 0.25) is 0 Å². The second-order valence-electron chi connectivity index (χ2n) is 6.21. The van der Waals surface area contributed by atoms with Crippen LogP contribution in [-0.4, -0.2) is 22.6 Å². The lowest BCUT2D eigenvalue weighted by atomic mass is 10.1. The molecule has 0 amide bonds. The van der Waals surface area contributed by atoms with Crippen molar-refractivity contribution >= 4 is 17.5 Å². The first kappa shape index (κ1) is 18.8. The number of hydrogen-bond donors (Lipinski definition) is 1. The summed E-state index contributed by atoms with van der Waals surface area (Å²) in [7, 11) is 0. The summed E-state index contributed by atoms with van der Waals surface area (Å²) in [6, 6.07) is 7.02. The summed E-state index contributed by atoms with van der Waals surface area (Å²) in [5.74, 6) is -0.545. The van der Waals surface area contributed by atoms with Crippen molar-refractivity contribution in [2.75, 3.05) is 11.4 Å². The van der Waals surface area contributed by atoms with Crippen molar-refractivity contribution in [2.45, 2.75) is 26.9 Å². The molecule has 1 aromatic carbocycles. The lowest BCUT2D eigenvalue weighted by molar-refractivity contribution is -0.138. The number of benzene rings is 1. The Balaban J connectivity index is 2.49. The van der Waals surface area contributed by atoms with Gasteiger partial charge in [-0.15, -0.1) is 0 Å². The third-order valence-electron chi connectivity index (χ3n) is 3.66. The highest BCUT2D eigenvalue weighted by Crippen LogP contribution is 2.36. The molecule has 0 aliphatic heterocycles. The molecule has 7 heteroatoms. The van der Waals surface area contributed by atoms with E-state index < -0.39 is 17.7 Å². The first-order chi connectivity index (χ1) is 11.6. The average molecular weight is 352 g/mol. The normalized spacial score (nSPS) is 11.6. The topological polar surface area (TPSA) is 53.4 Å². The standard InChI is InChI=1S/C18H19F3N2O2/c1-11(2)10-23(16-7-5-13(9-22-16)17(24)25)14-6-4-12(3)15(8-14)18(19,20)21/h4-9,11H,10H2,1-3H3,(H,24,25). The molecule has 1 aromatic heterocycles. The molecule has 0 radical (unpaired) electrons. The fraction of sp³-hybridized carbons (Fsp3) is 0.333. The molecule has 0 fully saturated rings. The molecule has 0 bridgehead atoms. The molecule has 1 heterocycles. The van der Waals surface area contributed by atoms with Gasteiger partial charge < -0.3 is 10.0 Å². The maximum absolute atomic E-state index is 13.2. The lowest BCUT2D eigenvalue weighted by Crippen LogP contribution is -2.24. The van der Waals surface area contributed by atoms with Gasteiger partial charge in [0, 0.05) is 18.4 Å². The number of aromatic carboxylic acids is 1. The van der Waals surface area contributed by atoms with E-state index in [0.29, 0.717) is 18.1 Å². The third kappa shape index (κ3) is 4.49. The molecule has 0 spiro atoms. The minimum Gasteiger partial charge on any atom is -0.478 e. The van der Waals surface area contributed by atoms with E-state index in [4.69, 9.17) is 5.11 Å². The van der Waals surface area contributed by atoms with Gasteiger partial charge in [0.25, 0.3) is 0 Å². The van der Waals surface area contributed by atoms with Crippen molar-refractivity contribution in [3.8, 4) is 0 Å². The van der Waals surface area contributed by atoms with Crippen LogP contribution in [0.25, 0.3) is 0 Å². The van der Waals surface area contributed by atoms with Crippen molar-refractivity contribution in [1.29, 1.82) is 0 Å². The Hall–Kier alpha value is -2.57. The molecule has 0 aliphatic rings. The van der Waals surface area contributed by atoms with E-state index in [0.717, 1.165) is 6.07 Å². The van der Waals surface area contributed by atoms with Crippen LogP contribution >= 0.6 is 0 Å².